The zero-order valence-corrected chi connectivity index (χ0v) is 15.4. The standard InChI is InChI=1S/C21H25O3P/c1-2-3-14-21(23-16-17-24-21)15-18-25(22,19-10-6-4-7-11-19)20-12-8-5-9-13-20/h2,4-13H,1,3,14-18H2. The molecule has 25 heavy (non-hydrogen) atoms. The third-order valence-electron chi connectivity index (χ3n) is 4.70. The maximum atomic E-state index is 14.1. The first-order chi connectivity index (χ1) is 12.2. The average Bonchev–Trinajstić information content (AvgIpc) is 3.15. The van der Waals surface area contributed by atoms with Gasteiger partial charge in [-0.25, -0.2) is 0 Å². The number of hydrogen-bond donors (Lipinski definition) is 0. The first-order valence-electron chi connectivity index (χ1n) is 8.78. The monoisotopic (exact) mass is 356 g/mol. The first kappa shape index (κ1) is 18.1. The summed E-state index contributed by atoms with van der Waals surface area (Å²) in [5.74, 6) is -0.632. The Bertz CT molecular complexity index is 678. The highest BCUT2D eigenvalue weighted by atomic mass is 31.2. The van der Waals surface area contributed by atoms with Gasteiger partial charge in [-0.3, -0.25) is 0 Å². The van der Waals surface area contributed by atoms with Gasteiger partial charge in [-0.2, -0.15) is 0 Å². The Labute approximate surface area is 150 Å². The van der Waals surface area contributed by atoms with Crippen LogP contribution in [0.4, 0.5) is 0 Å². The van der Waals surface area contributed by atoms with Crippen LogP contribution in [0.1, 0.15) is 19.3 Å². The van der Waals surface area contributed by atoms with Crippen LogP contribution in [0.5, 0.6) is 0 Å². The van der Waals surface area contributed by atoms with E-state index in [2.05, 4.69) is 6.58 Å². The maximum Gasteiger partial charge on any atom is 0.169 e. The van der Waals surface area contributed by atoms with E-state index in [1.165, 1.54) is 0 Å². The summed E-state index contributed by atoms with van der Waals surface area (Å²) in [6, 6.07) is 19.5. The Balaban J connectivity index is 1.88. The Morgan fingerprint density at radius 2 is 1.44 bits per heavy atom. The van der Waals surface area contributed by atoms with Crippen LogP contribution in [0.15, 0.2) is 73.3 Å². The molecule has 0 N–H and O–H groups in total. The van der Waals surface area contributed by atoms with E-state index in [0.717, 1.165) is 23.5 Å². The summed E-state index contributed by atoms with van der Waals surface area (Å²) in [7, 11) is -2.74. The molecule has 3 rings (SSSR count). The fourth-order valence-electron chi connectivity index (χ4n) is 3.31. The molecule has 0 radical (unpaired) electrons. The molecule has 0 bridgehead atoms. The van der Waals surface area contributed by atoms with E-state index in [-0.39, 0.29) is 0 Å². The second-order valence-electron chi connectivity index (χ2n) is 6.32. The summed E-state index contributed by atoms with van der Waals surface area (Å²) in [5, 5.41) is 1.77. The van der Waals surface area contributed by atoms with Crippen LogP contribution in [-0.2, 0) is 14.0 Å². The highest BCUT2D eigenvalue weighted by molar-refractivity contribution is 7.78. The van der Waals surface area contributed by atoms with Gasteiger partial charge in [0, 0.05) is 29.6 Å². The van der Waals surface area contributed by atoms with Crippen LogP contribution in [-0.4, -0.2) is 25.2 Å². The summed E-state index contributed by atoms with van der Waals surface area (Å²) >= 11 is 0. The highest BCUT2D eigenvalue weighted by Gasteiger charge is 2.39. The van der Waals surface area contributed by atoms with Gasteiger partial charge in [-0.1, -0.05) is 66.7 Å². The van der Waals surface area contributed by atoms with Crippen LogP contribution in [0.2, 0.25) is 0 Å². The molecule has 0 amide bonds. The molecule has 0 spiro atoms. The Kier molecular flexibility index (Phi) is 5.90. The minimum atomic E-state index is -2.74. The van der Waals surface area contributed by atoms with Crippen LogP contribution >= 0.6 is 7.14 Å². The number of ether oxygens (including phenoxy) is 2. The molecule has 0 atom stereocenters. The van der Waals surface area contributed by atoms with Gasteiger partial charge in [-0.05, 0) is 6.42 Å². The van der Waals surface area contributed by atoms with Crippen molar-refractivity contribution in [2.45, 2.75) is 25.0 Å². The lowest BCUT2D eigenvalue weighted by atomic mass is 10.1. The van der Waals surface area contributed by atoms with Gasteiger partial charge in [0.25, 0.3) is 0 Å². The lowest BCUT2D eigenvalue weighted by Crippen LogP contribution is -2.33. The molecule has 1 aliphatic rings. The second-order valence-corrected chi connectivity index (χ2v) is 9.28. The molecule has 0 unspecified atom stereocenters. The van der Waals surface area contributed by atoms with Crippen molar-refractivity contribution in [2.75, 3.05) is 19.4 Å². The molecule has 132 valence electrons. The fraction of sp³-hybridized carbons (Fsp3) is 0.333. The minimum absolute atomic E-state index is 0.526. The van der Waals surface area contributed by atoms with Crippen LogP contribution in [0.3, 0.4) is 0 Å². The van der Waals surface area contributed by atoms with Gasteiger partial charge in [0.15, 0.2) is 5.79 Å². The molecule has 1 fully saturated rings. The van der Waals surface area contributed by atoms with Gasteiger partial charge in [0.1, 0.15) is 7.14 Å². The first-order valence-corrected chi connectivity index (χ1v) is 10.7. The summed E-state index contributed by atoms with van der Waals surface area (Å²) in [4.78, 5) is 0. The molecule has 4 heteroatoms. The lowest BCUT2D eigenvalue weighted by molar-refractivity contribution is -0.162. The van der Waals surface area contributed by atoms with Crippen LogP contribution < -0.4 is 10.6 Å². The van der Waals surface area contributed by atoms with Crippen LogP contribution in [0.25, 0.3) is 0 Å². The van der Waals surface area contributed by atoms with Gasteiger partial charge in [0.05, 0.1) is 13.2 Å². The van der Waals surface area contributed by atoms with Crippen molar-refractivity contribution in [1.29, 1.82) is 0 Å². The van der Waals surface area contributed by atoms with E-state index in [1.807, 2.05) is 66.7 Å². The summed E-state index contributed by atoms with van der Waals surface area (Å²) in [5.41, 5.74) is 0. The number of rotatable bonds is 8. The maximum absolute atomic E-state index is 14.1. The van der Waals surface area contributed by atoms with Crippen molar-refractivity contribution >= 4 is 17.8 Å². The van der Waals surface area contributed by atoms with Crippen molar-refractivity contribution in [2.24, 2.45) is 0 Å². The minimum Gasteiger partial charge on any atom is -0.348 e. The van der Waals surface area contributed by atoms with E-state index < -0.39 is 12.9 Å². The Morgan fingerprint density at radius 3 is 1.92 bits per heavy atom. The van der Waals surface area contributed by atoms with Crippen molar-refractivity contribution < 1.29 is 14.0 Å². The number of hydrogen-bond acceptors (Lipinski definition) is 3. The molecular formula is C21H25O3P. The molecule has 1 heterocycles. The summed E-state index contributed by atoms with van der Waals surface area (Å²) in [6.07, 6.45) is 4.59. The van der Waals surface area contributed by atoms with Gasteiger partial charge in [0.2, 0.25) is 0 Å². The number of allylic oxidation sites excluding steroid dienone is 1. The third-order valence-corrected chi connectivity index (χ3v) is 7.82. The zero-order chi connectivity index (χ0) is 17.6. The Hall–Kier alpha value is -1.67. The van der Waals surface area contributed by atoms with E-state index in [0.29, 0.717) is 25.8 Å². The third kappa shape index (κ3) is 4.12. The predicted octanol–water partition coefficient (Wildman–Crippen LogP) is 4.10. The topological polar surface area (TPSA) is 35.5 Å². The summed E-state index contributed by atoms with van der Waals surface area (Å²) in [6.45, 7) is 4.98. The van der Waals surface area contributed by atoms with Gasteiger partial charge < -0.3 is 14.0 Å². The van der Waals surface area contributed by atoms with Gasteiger partial charge >= 0.3 is 0 Å². The molecule has 1 saturated heterocycles. The zero-order valence-electron chi connectivity index (χ0n) is 14.5. The predicted molar refractivity (Wildman–Crippen MR) is 103 cm³/mol. The molecule has 3 nitrogen and oxygen atoms in total. The lowest BCUT2D eigenvalue weighted by Gasteiger charge is -2.29. The van der Waals surface area contributed by atoms with E-state index in [4.69, 9.17) is 9.47 Å². The largest absolute Gasteiger partial charge is 0.348 e. The van der Waals surface area contributed by atoms with Crippen molar-refractivity contribution in [3.63, 3.8) is 0 Å². The SMILES string of the molecule is C=CCCC1(CCP(=O)(c2ccccc2)c2ccccc2)OCCO1. The normalized spacial score (nSPS) is 16.6. The van der Waals surface area contributed by atoms with Crippen molar-refractivity contribution in [1.82, 2.24) is 0 Å². The molecule has 1 aliphatic heterocycles. The molecule has 0 aromatic heterocycles. The second kappa shape index (κ2) is 8.14. The molecule has 2 aromatic rings. The summed E-state index contributed by atoms with van der Waals surface area (Å²) < 4.78 is 25.9. The smallest absolute Gasteiger partial charge is 0.169 e. The molecule has 2 aromatic carbocycles. The molecule has 0 saturated carbocycles. The number of benzene rings is 2. The van der Waals surface area contributed by atoms with Gasteiger partial charge in [-0.15, -0.1) is 6.58 Å². The Morgan fingerprint density at radius 1 is 0.920 bits per heavy atom. The molecular weight excluding hydrogens is 331 g/mol. The van der Waals surface area contributed by atoms with E-state index >= 15 is 0 Å². The van der Waals surface area contributed by atoms with Crippen molar-refractivity contribution in [3.8, 4) is 0 Å². The van der Waals surface area contributed by atoms with E-state index in [1.54, 1.807) is 0 Å². The highest BCUT2D eigenvalue weighted by Crippen LogP contribution is 2.46. The van der Waals surface area contributed by atoms with Crippen molar-refractivity contribution in [3.05, 3.63) is 73.3 Å². The quantitative estimate of drug-likeness (QED) is 0.528. The average molecular weight is 356 g/mol. The fourth-order valence-corrected chi connectivity index (χ4v) is 6.08. The molecule has 0 aliphatic carbocycles. The van der Waals surface area contributed by atoms with Crippen LogP contribution in [0, 0.1) is 0 Å². The van der Waals surface area contributed by atoms with E-state index in [9.17, 15) is 4.57 Å².